The van der Waals surface area contributed by atoms with Crippen molar-refractivity contribution in [3.05, 3.63) is 36.4 Å². The van der Waals surface area contributed by atoms with Crippen LogP contribution in [0.2, 0.25) is 0 Å². The molecule has 4 heteroatoms. The number of amides is 1. The van der Waals surface area contributed by atoms with Crippen LogP contribution < -0.4 is 10.1 Å². The number of rotatable bonds is 7. The Morgan fingerprint density at radius 3 is 2.64 bits per heavy atom. The van der Waals surface area contributed by atoms with Crippen molar-refractivity contribution in [2.24, 2.45) is 5.92 Å². The highest BCUT2D eigenvalue weighted by Gasteiger charge is 2.42. The molecule has 152 valence electrons. The number of ether oxygens (including phenoxy) is 2. The molecule has 0 saturated heterocycles. The first-order chi connectivity index (χ1) is 13.4. The van der Waals surface area contributed by atoms with Gasteiger partial charge in [-0.25, -0.2) is 0 Å². The molecule has 0 bridgehead atoms. The molecule has 0 aliphatic heterocycles. The molecule has 0 unspecified atom stereocenters. The Balaban J connectivity index is 1.91. The number of carbonyl (C=O) groups is 1. The third-order valence-corrected chi connectivity index (χ3v) is 5.45. The zero-order chi connectivity index (χ0) is 20.1. The average molecular weight is 384 g/mol. The van der Waals surface area contributed by atoms with Gasteiger partial charge in [0.2, 0.25) is 0 Å². The molecule has 0 aromatic heterocycles. The Morgan fingerprint density at radius 2 is 1.96 bits per heavy atom. The molecule has 0 heterocycles. The highest BCUT2D eigenvalue weighted by Crippen LogP contribution is 2.38. The average Bonchev–Trinajstić information content (AvgIpc) is 2.68. The van der Waals surface area contributed by atoms with Crippen molar-refractivity contribution in [3.63, 3.8) is 0 Å². The van der Waals surface area contributed by atoms with Crippen molar-refractivity contribution in [1.82, 2.24) is 0 Å². The first-order valence-corrected chi connectivity index (χ1v) is 10.6. The van der Waals surface area contributed by atoms with E-state index in [0.29, 0.717) is 12.5 Å². The van der Waals surface area contributed by atoms with E-state index in [1.165, 1.54) is 0 Å². The number of carbonyl (C=O) groups excluding carboxylic acids is 1. The molecule has 1 fully saturated rings. The van der Waals surface area contributed by atoms with Gasteiger partial charge in [-0.1, -0.05) is 44.5 Å². The van der Waals surface area contributed by atoms with Gasteiger partial charge in [-0.2, -0.15) is 0 Å². The SMILES string of the molecule is CCCO[C@@]1(C(=O)Nc2ccc(OC(C)C)c3ccccc23)CCC[C@@H](C)C1. The second-order valence-corrected chi connectivity index (χ2v) is 8.32. The Kier molecular flexibility index (Phi) is 6.61. The lowest BCUT2D eigenvalue weighted by atomic mass is 9.78. The third-order valence-electron chi connectivity index (χ3n) is 5.45. The van der Waals surface area contributed by atoms with Crippen molar-refractivity contribution in [3.8, 4) is 5.75 Å². The summed E-state index contributed by atoms with van der Waals surface area (Å²) in [6.45, 7) is 8.94. The molecule has 1 saturated carbocycles. The zero-order valence-electron chi connectivity index (χ0n) is 17.6. The molecule has 1 aliphatic carbocycles. The van der Waals surface area contributed by atoms with Gasteiger partial charge in [0.1, 0.15) is 11.4 Å². The van der Waals surface area contributed by atoms with Crippen molar-refractivity contribution in [2.45, 2.75) is 71.5 Å². The van der Waals surface area contributed by atoms with E-state index in [0.717, 1.165) is 54.3 Å². The quantitative estimate of drug-likeness (QED) is 0.643. The van der Waals surface area contributed by atoms with E-state index in [-0.39, 0.29) is 12.0 Å². The van der Waals surface area contributed by atoms with E-state index in [4.69, 9.17) is 9.47 Å². The minimum Gasteiger partial charge on any atom is -0.490 e. The Labute approximate surface area is 168 Å². The van der Waals surface area contributed by atoms with E-state index >= 15 is 0 Å². The number of nitrogens with one attached hydrogen (secondary N) is 1. The molecule has 4 nitrogen and oxygen atoms in total. The number of hydrogen-bond acceptors (Lipinski definition) is 3. The van der Waals surface area contributed by atoms with Crippen LogP contribution in [-0.2, 0) is 9.53 Å². The van der Waals surface area contributed by atoms with Gasteiger partial charge in [0.05, 0.1) is 6.10 Å². The molecule has 1 amide bonds. The van der Waals surface area contributed by atoms with E-state index in [2.05, 4.69) is 19.2 Å². The van der Waals surface area contributed by atoms with Crippen LogP contribution in [-0.4, -0.2) is 24.2 Å². The van der Waals surface area contributed by atoms with E-state index in [1.807, 2.05) is 50.2 Å². The minimum atomic E-state index is -0.720. The molecule has 1 aliphatic rings. The molecule has 2 atom stereocenters. The summed E-state index contributed by atoms with van der Waals surface area (Å²) in [5.74, 6) is 1.32. The zero-order valence-corrected chi connectivity index (χ0v) is 17.6. The first kappa shape index (κ1) is 20.7. The predicted octanol–water partition coefficient (Wildman–Crippen LogP) is 5.94. The minimum absolute atomic E-state index is 0.0184. The van der Waals surface area contributed by atoms with Crippen LogP contribution in [0.15, 0.2) is 36.4 Å². The second kappa shape index (κ2) is 8.95. The fourth-order valence-corrected chi connectivity index (χ4v) is 4.18. The normalized spacial score (nSPS) is 22.4. The summed E-state index contributed by atoms with van der Waals surface area (Å²) in [7, 11) is 0. The smallest absolute Gasteiger partial charge is 0.256 e. The van der Waals surface area contributed by atoms with E-state index in [9.17, 15) is 4.79 Å². The largest absolute Gasteiger partial charge is 0.490 e. The molecule has 0 radical (unpaired) electrons. The van der Waals surface area contributed by atoms with Crippen LogP contribution in [0.5, 0.6) is 5.75 Å². The van der Waals surface area contributed by atoms with Crippen molar-refractivity contribution in [1.29, 1.82) is 0 Å². The van der Waals surface area contributed by atoms with Gasteiger partial charge in [0, 0.05) is 23.1 Å². The highest BCUT2D eigenvalue weighted by molar-refractivity contribution is 6.06. The second-order valence-electron chi connectivity index (χ2n) is 8.32. The van der Waals surface area contributed by atoms with Crippen LogP contribution in [0.4, 0.5) is 5.69 Å². The van der Waals surface area contributed by atoms with Crippen LogP contribution in [0.25, 0.3) is 10.8 Å². The van der Waals surface area contributed by atoms with Gasteiger partial charge < -0.3 is 14.8 Å². The Bertz CT molecular complexity index is 817. The highest BCUT2D eigenvalue weighted by atomic mass is 16.5. The lowest BCUT2D eigenvalue weighted by molar-refractivity contribution is -0.148. The summed E-state index contributed by atoms with van der Waals surface area (Å²) in [4.78, 5) is 13.4. The Hall–Kier alpha value is -2.07. The number of anilines is 1. The fraction of sp³-hybridized carbons (Fsp3) is 0.542. The predicted molar refractivity (Wildman–Crippen MR) is 115 cm³/mol. The van der Waals surface area contributed by atoms with Crippen LogP contribution >= 0.6 is 0 Å². The summed E-state index contributed by atoms with van der Waals surface area (Å²) >= 11 is 0. The lowest BCUT2D eigenvalue weighted by Gasteiger charge is -2.38. The van der Waals surface area contributed by atoms with Crippen LogP contribution in [0, 0.1) is 5.92 Å². The molecule has 3 rings (SSSR count). The van der Waals surface area contributed by atoms with Crippen LogP contribution in [0.1, 0.15) is 59.8 Å². The maximum Gasteiger partial charge on any atom is 0.256 e. The van der Waals surface area contributed by atoms with Gasteiger partial charge in [0.25, 0.3) is 5.91 Å². The van der Waals surface area contributed by atoms with E-state index in [1.54, 1.807) is 0 Å². The van der Waals surface area contributed by atoms with Gasteiger partial charge in [-0.3, -0.25) is 4.79 Å². The van der Waals surface area contributed by atoms with Gasteiger partial charge >= 0.3 is 0 Å². The summed E-state index contributed by atoms with van der Waals surface area (Å²) in [6, 6.07) is 11.9. The fourth-order valence-electron chi connectivity index (χ4n) is 4.18. The molecular formula is C24H33NO3. The molecule has 1 N–H and O–H groups in total. The van der Waals surface area contributed by atoms with Crippen molar-refractivity contribution in [2.75, 3.05) is 11.9 Å². The molecule has 0 spiro atoms. The molecule has 28 heavy (non-hydrogen) atoms. The summed E-state index contributed by atoms with van der Waals surface area (Å²) in [5, 5.41) is 5.18. The number of hydrogen-bond donors (Lipinski definition) is 1. The molecular weight excluding hydrogens is 350 g/mol. The van der Waals surface area contributed by atoms with Crippen LogP contribution in [0.3, 0.4) is 0 Å². The van der Waals surface area contributed by atoms with Crippen molar-refractivity contribution < 1.29 is 14.3 Å². The topological polar surface area (TPSA) is 47.6 Å². The number of fused-ring (bicyclic) bond motifs is 1. The maximum atomic E-state index is 13.4. The summed E-state index contributed by atoms with van der Waals surface area (Å²) in [6.07, 6.45) is 4.77. The lowest BCUT2D eigenvalue weighted by Crippen LogP contribution is -2.48. The van der Waals surface area contributed by atoms with Gasteiger partial charge in [0.15, 0.2) is 0 Å². The third kappa shape index (κ3) is 4.49. The van der Waals surface area contributed by atoms with Crippen molar-refractivity contribution >= 4 is 22.4 Å². The monoisotopic (exact) mass is 383 g/mol. The summed E-state index contributed by atoms with van der Waals surface area (Å²) in [5.41, 5.74) is 0.0939. The number of benzene rings is 2. The molecule has 2 aromatic rings. The summed E-state index contributed by atoms with van der Waals surface area (Å²) < 4.78 is 12.1. The van der Waals surface area contributed by atoms with Gasteiger partial charge in [-0.05, 0) is 57.6 Å². The molecule has 2 aromatic carbocycles. The Morgan fingerprint density at radius 1 is 1.21 bits per heavy atom. The standard InChI is InChI=1S/C24H33NO3/c1-5-15-27-24(14-8-9-18(4)16-24)23(26)25-21-12-13-22(28-17(2)3)20-11-7-6-10-19(20)21/h6-7,10-13,17-18H,5,8-9,14-16H2,1-4H3,(H,25,26)/t18-,24+/m1/s1. The maximum absolute atomic E-state index is 13.4. The first-order valence-electron chi connectivity index (χ1n) is 10.6. The van der Waals surface area contributed by atoms with E-state index < -0.39 is 5.60 Å². The van der Waals surface area contributed by atoms with Gasteiger partial charge in [-0.15, -0.1) is 0 Å².